The van der Waals surface area contributed by atoms with Crippen molar-refractivity contribution in [3.63, 3.8) is 0 Å². The number of hydrogen-bond acceptors (Lipinski definition) is 3. The maximum absolute atomic E-state index is 10.0. The van der Waals surface area contributed by atoms with E-state index in [0.29, 0.717) is 0 Å². The first-order chi connectivity index (χ1) is 3.92. The molecule has 6 nitrogen and oxygen atoms in total. The van der Waals surface area contributed by atoms with E-state index in [2.05, 4.69) is 0 Å². The van der Waals surface area contributed by atoms with E-state index in [1.54, 1.807) is 0 Å². The molecular formula is C3H9NO5S. The molecule has 0 bridgehead atoms. The fourth-order valence-electron chi connectivity index (χ4n) is 0.193. The van der Waals surface area contributed by atoms with Gasteiger partial charge < -0.3 is 10.8 Å². The van der Waals surface area contributed by atoms with Crippen molar-refractivity contribution in [2.75, 3.05) is 5.88 Å². The molecule has 0 saturated carbocycles. The summed E-state index contributed by atoms with van der Waals surface area (Å²) in [5.41, 5.74) is 0. The predicted molar refractivity (Wildman–Crippen MR) is 33.8 cm³/mol. The Labute approximate surface area is 58.3 Å². The Balaban J connectivity index is 0. The number of carbonyl (C=O) groups excluding carboxylic acids is 1. The third kappa shape index (κ3) is 10.3. The van der Waals surface area contributed by atoms with Crippen LogP contribution in [0, 0.1) is 0 Å². The molecule has 10 heavy (non-hydrogen) atoms. The van der Waals surface area contributed by atoms with Crippen molar-refractivity contribution in [1.82, 2.24) is 5.32 Å². The van der Waals surface area contributed by atoms with Crippen molar-refractivity contribution >= 4 is 16.0 Å². The van der Waals surface area contributed by atoms with Crippen LogP contribution >= 0.6 is 0 Å². The van der Waals surface area contributed by atoms with Crippen molar-refractivity contribution in [3.05, 3.63) is 0 Å². The van der Waals surface area contributed by atoms with Crippen LogP contribution in [-0.4, -0.2) is 30.2 Å². The highest BCUT2D eigenvalue weighted by Crippen LogP contribution is 1.74. The number of nitrogens with one attached hydrogen (secondary N) is 1. The molecule has 0 heterocycles. The van der Waals surface area contributed by atoms with Crippen molar-refractivity contribution in [3.8, 4) is 0 Å². The van der Waals surface area contributed by atoms with E-state index in [1.165, 1.54) is 0 Å². The van der Waals surface area contributed by atoms with Crippen LogP contribution in [-0.2, 0) is 14.9 Å². The smallest absolute Gasteiger partial charge is 0.283 e. The van der Waals surface area contributed by atoms with Gasteiger partial charge in [-0.25, -0.2) is 0 Å². The van der Waals surface area contributed by atoms with Crippen molar-refractivity contribution in [2.45, 2.75) is 6.92 Å². The molecule has 0 aromatic carbocycles. The lowest BCUT2D eigenvalue weighted by Gasteiger charge is -1.95. The lowest BCUT2D eigenvalue weighted by Crippen LogP contribution is -2.26. The van der Waals surface area contributed by atoms with Gasteiger partial charge in [0, 0.05) is 6.92 Å². The summed E-state index contributed by atoms with van der Waals surface area (Å²) in [6.07, 6.45) is 0. The van der Waals surface area contributed by atoms with E-state index >= 15 is 0 Å². The molecule has 0 fully saturated rings. The van der Waals surface area contributed by atoms with Crippen molar-refractivity contribution in [2.24, 2.45) is 0 Å². The van der Waals surface area contributed by atoms with Gasteiger partial charge in [0.2, 0.25) is 5.91 Å². The number of hydrogen-bond donors (Lipinski definition) is 2. The monoisotopic (exact) mass is 171 g/mol. The third-order valence-electron chi connectivity index (χ3n) is 0.504. The van der Waals surface area contributed by atoms with Gasteiger partial charge >= 0.3 is 0 Å². The summed E-state index contributed by atoms with van der Waals surface area (Å²) in [6.45, 7) is 1.16. The average Bonchev–Trinajstić information content (AvgIpc) is 1.59. The quantitative estimate of drug-likeness (QED) is 0.474. The van der Waals surface area contributed by atoms with Crippen LogP contribution in [0.4, 0.5) is 0 Å². The Morgan fingerprint density at radius 2 is 2.00 bits per heavy atom. The Morgan fingerprint density at radius 1 is 1.60 bits per heavy atom. The fraction of sp³-hybridized carbons (Fsp3) is 0.667. The van der Waals surface area contributed by atoms with E-state index in [9.17, 15) is 13.2 Å². The number of carbonyl (C=O) groups is 1. The summed E-state index contributed by atoms with van der Waals surface area (Å²) in [7, 11) is -4.05. The van der Waals surface area contributed by atoms with Crippen LogP contribution < -0.4 is 5.32 Å². The molecule has 0 saturated heterocycles. The molecule has 0 spiro atoms. The summed E-state index contributed by atoms with van der Waals surface area (Å²) in [4.78, 5) is 10.0. The van der Waals surface area contributed by atoms with Gasteiger partial charge in [0.25, 0.3) is 10.1 Å². The summed E-state index contributed by atoms with van der Waals surface area (Å²) >= 11 is 0. The zero-order valence-corrected chi connectivity index (χ0v) is 6.10. The Morgan fingerprint density at radius 3 is 2.10 bits per heavy atom. The van der Waals surface area contributed by atoms with Gasteiger partial charge in [0.15, 0.2) is 0 Å². The maximum Gasteiger partial charge on any atom is 0.283 e. The second-order valence-electron chi connectivity index (χ2n) is 1.46. The molecule has 7 heteroatoms. The molecule has 0 aromatic heterocycles. The molecule has 62 valence electrons. The Hall–Kier alpha value is -0.660. The second-order valence-corrected chi connectivity index (χ2v) is 2.91. The minimum atomic E-state index is -4.05. The summed E-state index contributed by atoms with van der Waals surface area (Å²) in [5.74, 6) is -1.21. The van der Waals surface area contributed by atoms with Gasteiger partial charge in [-0.05, 0) is 0 Å². The highest BCUT2D eigenvalue weighted by Gasteiger charge is 2.02. The molecule has 0 rings (SSSR count). The van der Waals surface area contributed by atoms with Gasteiger partial charge in [0.1, 0.15) is 5.88 Å². The van der Waals surface area contributed by atoms with Crippen LogP contribution in [0.25, 0.3) is 0 Å². The van der Waals surface area contributed by atoms with E-state index in [-0.39, 0.29) is 5.48 Å². The first-order valence-corrected chi connectivity index (χ1v) is 3.72. The maximum atomic E-state index is 10.0. The molecule has 1 amide bonds. The first-order valence-electron chi connectivity index (χ1n) is 2.11. The molecule has 0 atom stereocenters. The minimum absolute atomic E-state index is 0. The van der Waals surface area contributed by atoms with E-state index < -0.39 is 21.9 Å². The highest BCUT2D eigenvalue weighted by molar-refractivity contribution is 7.85. The molecule has 4 N–H and O–H groups in total. The van der Waals surface area contributed by atoms with Gasteiger partial charge in [-0.2, -0.15) is 8.42 Å². The molecule has 0 aromatic rings. The number of rotatable bonds is 2. The van der Waals surface area contributed by atoms with Gasteiger partial charge in [-0.3, -0.25) is 9.35 Å². The first kappa shape index (κ1) is 12.1. The Kier molecular flexibility index (Phi) is 5.07. The van der Waals surface area contributed by atoms with Crippen LogP contribution in [0.5, 0.6) is 0 Å². The zero-order valence-electron chi connectivity index (χ0n) is 5.29. The summed E-state index contributed by atoms with van der Waals surface area (Å²) < 4.78 is 27.8. The molecule has 0 unspecified atom stereocenters. The van der Waals surface area contributed by atoms with Crippen LogP contribution in [0.3, 0.4) is 0 Å². The van der Waals surface area contributed by atoms with Gasteiger partial charge in [-0.1, -0.05) is 0 Å². The molecule has 0 aliphatic carbocycles. The minimum Gasteiger partial charge on any atom is -0.412 e. The molecule has 0 radical (unpaired) electrons. The normalized spacial score (nSPS) is 9.80. The molecule has 0 aliphatic heterocycles. The predicted octanol–water partition coefficient (Wildman–Crippen LogP) is -1.86. The fourth-order valence-corrected chi connectivity index (χ4v) is 0.578. The average molecular weight is 171 g/mol. The lowest BCUT2D eigenvalue weighted by molar-refractivity contribution is -0.118. The topological polar surface area (TPSA) is 115 Å². The number of amides is 1. The van der Waals surface area contributed by atoms with Crippen molar-refractivity contribution < 1.29 is 23.2 Å². The van der Waals surface area contributed by atoms with Crippen molar-refractivity contribution in [1.29, 1.82) is 0 Å². The zero-order chi connectivity index (χ0) is 7.49. The molecule has 0 aliphatic rings. The lowest BCUT2D eigenvalue weighted by atomic mass is 10.7. The van der Waals surface area contributed by atoms with E-state index in [0.717, 1.165) is 6.92 Å². The van der Waals surface area contributed by atoms with Gasteiger partial charge in [-0.15, -0.1) is 0 Å². The SMILES string of the molecule is CC(=O)NCS(=O)(=O)O.O. The van der Waals surface area contributed by atoms with Crippen LogP contribution in [0.1, 0.15) is 6.92 Å². The standard InChI is InChI=1S/C3H7NO4S.H2O/c1-3(5)4-2-9(6,7)8;/h2H2,1H3,(H,4,5)(H,6,7,8);1H2. The Bertz CT molecular complexity index is 195. The van der Waals surface area contributed by atoms with E-state index in [4.69, 9.17) is 4.55 Å². The summed E-state index contributed by atoms with van der Waals surface area (Å²) in [6, 6.07) is 0. The highest BCUT2D eigenvalue weighted by atomic mass is 32.2. The van der Waals surface area contributed by atoms with Crippen LogP contribution in [0.2, 0.25) is 0 Å². The largest absolute Gasteiger partial charge is 0.412 e. The summed E-state index contributed by atoms with van der Waals surface area (Å²) in [5, 5.41) is 1.91. The third-order valence-corrected chi connectivity index (χ3v) is 1.01. The second kappa shape index (κ2) is 4.20. The van der Waals surface area contributed by atoms with Gasteiger partial charge in [0.05, 0.1) is 0 Å². The van der Waals surface area contributed by atoms with E-state index in [1.807, 2.05) is 5.32 Å². The van der Waals surface area contributed by atoms with Crippen LogP contribution in [0.15, 0.2) is 0 Å². The molecular weight excluding hydrogens is 162 g/mol.